The van der Waals surface area contributed by atoms with Crippen LogP contribution in [0.2, 0.25) is 0 Å². The lowest BCUT2D eigenvalue weighted by Gasteiger charge is -2.28. The first-order valence-corrected chi connectivity index (χ1v) is 6.97. The fourth-order valence-electron chi connectivity index (χ4n) is 2.15. The summed E-state index contributed by atoms with van der Waals surface area (Å²) in [4.78, 5) is 11.8. The second kappa shape index (κ2) is 8.74. The van der Waals surface area contributed by atoms with Crippen LogP contribution < -0.4 is 10.6 Å². The standard InChI is InChI=1S/C13H24N2O3.ClH/c1-10(13(16)15-8-11-6-14-7-11)18-9-12-4-2-3-5-17-12;/h10-12,14H,2-9H2,1H3,(H,15,16);1H. The Morgan fingerprint density at radius 2 is 2.26 bits per heavy atom. The van der Waals surface area contributed by atoms with E-state index in [1.54, 1.807) is 6.92 Å². The van der Waals surface area contributed by atoms with Gasteiger partial charge in [-0.25, -0.2) is 0 Å². The lowest BCUT2D eigenvalue weighted by atomic mass is 10.0. The maximum absolute atomic E-state index is 11.8. The van der Waals surface area contributed by atoms with Gasteiger partial charge in [0.05, 0.1) is 12.7 Å². The summed E-state index contributed by atoms with van der Waals surface area (Å²) >= 11 is 0. The van der Waals surface area contributed by atoms with E-state index in [1.807, 2.05) is 0 Å². The predicted octanol–water partition coefficient (Wildman–Crippen LogP) is 0.718. The molecule has 2 saturated heterocycles. The summed E-state index contributed by atoms with van der Waals surface area (Å²) in [5, 5.41) is 6.11. The van der Waals surface area contributed by atoms with Gasteiger partial charge in [0.1, 0.15) is 6.10 Å². The first-order valence-electron chi connectivity index (χ1n) is 6.97. The van der Waals surface area contributed by atoms with Crippen molar-refractivity contribution in [3.8, 4) is 0 Å². The fourth-order valence-corrected chi connectivity index (χ4v) is 2.15. The number of halogens is 1. The first kappa shape index (κ1) is 16.7. The Bertz CT molecular complexity index is 269. The van der Waals surface area contributed by atoms with Gasteiger partial charge in [-0.2, -0.15) is 0 Å². The second-order valence-electron chi connectivity index (χ2n) is 5.23. The summed E-state index contributed by atoms with van der Waals surface area (Å²) in [6.45, 7) is 5.91. The van der Waals surface area contributed by atoms with E-state index in [9.17, 15) is 4.79 Å². The van der Waals surface area contributed by atoms with Gasteiger partial charge in [-0.15, -0.1) is 12.4 Å². The number of nitrogens with one attached hydrogen (secondary N) is 2. The van der Waals surface area contributed by atoms with Gasteiger partial charge in [-0.1, -0.05) is 0 Å². The molecule has 2 unspecified atom stereocenters. The maximum atomic E-state index is 11.8. The average molecular weight is 293 g/mol. The van der Waals surface area contributed by atoms with Crippen LogP contribution in [0.1, 0.15) is 26.2 Å². The molecule has 2 rings (SSSR count). The summed E-state index contributed by atoms with van der Waals surface area (Å²) in [6, 6.07) is 0. The summed E-state index contributed by atoms with van der Waals surface area (Å²) < 4.78 is 11.1. The van der Waals surface area contributed by atoms with Gasteiger partial charge >= 0.3 is 0 Å². The van der Waals surface area contributed by atoms with Gasteiger partial charge in [0.2, 0.25) is 5.91 Å². The van der Waals surface area contributed by atoms with Crippen LogP contribution in [0.4, 0.5) is 0 Å². The molecule has 0 bridgehead atoms. The Labute approximate surface area is 121 Å². The molecule has 19 heavy (non-hydrogen) atoms. The van der Waals surface area contributed by atoms with Crippen molar-refractivity contribution >= 4 is 18.3 Å². The maximum Gasteiger partial charge on any atom is 0.248 e. The molecule has 112 valence electrons. The van der Waals surface area contributed by atoms with Crippen molar-refractivity contribution in [2.45, 2.75) is 38.4 Å². The highest BCUT2D eigenvalue weighted by Gasteiger charge is 2.21. The van der Waals surface area contributed by atoms with Crippen LogP contribution in [0.5, 0.6) is 0 Å². The summed E-state index contributed by atoms with van der Waals surface area (Å²) in [6.07, 6.45) is 3.17. The van der Waals surface area contributed by atoms with Gasteiger partial charge in [0.25, 0.3) is 0 Å². The minimum atomic E-state index is -0.386. The van der Waals surface area contributed by atoms with Crippen molar-refractivity contribution in [2.24, 2.45) is 5.92 Å². The molecule has 2 N–H and O–H groups in total. The predicted molar refractivity (Wildman–Crippen MR) is 75.6 cm³/mol. The summed E-state index contributed by atoms with van der Waals surface area (Å²) in [5.41, 5.74) is 0. The molecule has 2 heterocycles. The van der Waals surface area contributed by atoms with Gasteiger partial charge in [0, 0.05) is 32.2 Å². The zero-order valence-electron chi connectivity index (χ0n) is 11.5. The molecule has 0 aliphatic carbocycles. The van der Waals surface area contributed by atoms with Crippen LogP contribution in [-0.4, -0.2) is 51.0 Å². The van der Waals surface area contributed by atoms with E-state index in [0.29, 0.717) is 12.5 Å². The Kier molecular flexibility index (Phi) is 7.68. The molecule has 0 saturated carbocycles. The fraction of sp³-hybridized carbons (Fsp3) is 0.923. The van der Waals surface area contributed by atoms with E-state index in [2.05, 4.69) is 10.6 Å². The highest BCUT2D eigenvalue weighted by atomic mass is 35.5. The molecule has 0 spiro atoms. The van der Waals surface area contributed by atoms with E-state index in [1.165, 1.54) is 6.42 Å². The van der Waals surface area contributed by atoms with Crippen molar-refractivity contribution in [3.63, 3.8) is 0 Å². The van der Waals surface area contributed by atoms with Crippen LogP contribution in [0, 0.1) is 5.92 Å². The molecule has 0 aromatic carbocycles. The number of hydrogen-bond acceptors (Lipinski definition) is 4. The van der Waals surface area contributed by atoms with Crippen molar-refractivity contribution in [3.05, 3.63) is 0 Å². The van der Waals surface area contributed by atoms with E-state index < -0.39 is 0 Å². The molecule has 5 nitrogen and oxygen atoms in total. The van der Waals surface area contributed by atoms with E-state index >= 15 is 0 Å². The molecule has 0 radical (unpaired) electrons. The summed E-state index contributed by atoms with van der Waals surface area (Å²) in [7, 11) is 0. The van der Waals surface area contributed by atoms with E-state index in [0.717, 1.165) is 39.1 Å². The van der Waals surface area contributed by atoms with Crippen LogP contribution in [-0.2, 0) is 14.3 Å². The third kappa shape index (κ3) is 5.65. The third-order valence-electron chi connectivity index (χ3n) is 3.61. The van der Waals surface area contributed by atoms with Crippen molar-refractivity contribution in [1.29, 1.82) is 0 Å². The second-order valence-corrected chi connectivity index (χ2v) is 5.23. The van der Waals surface area contributed by atoms with E-state index in [-0.39, 0.29) is 30.5 Å². The van der Waals surface area contributed by atoms with Crippen LogP contribution in [0.3, 0.4) is 0 Å². The molecular weight excluding hydrogens is 268 g/mol. The minimum absolute atomic E-state index is 0. The highest BCUT2D eigenvalue weighted by Crippen LogP contribution is 2.13. The molecule has 2 aliphatic heterocycles. The number of amides is 1. The van der Waals surface area contributed by atoms with E-state index in [4.69, 9.17) is 9.47 Å². The van der Waals surface area contributed by atoms with Crippen LogP contribution >= 0.6 is 12.4 Å². The monoisotopic (exact) mass is 292 g/mol. The molecule has 0 aromatic heterocycles. The lowest BCUT2D eigenvalue weighted by Crippen LogP contribution is -2.49. The SMILES string of the molecule is CC(OCC1CCCCO1)C(=O)NCC1CNC1.Cl. The van der Waals surface area contributed by atoms with Crippen LogP contribution in [0.25, 0.3) is 0 Å². The van der Waals surface area contributed by atoms with Gasteiger partial charge in [0.15, 0.2) is 0 Å². The lowest BCUT2D eigenvalue weighted by molar-refractivity contribution is -0.135. The minimum Gasteiger partial charge on any atom is -0.376 e. The highest BCUT2D eigenvalue weighted by molar-refractivity contribution is 5.85. The molecular formula is C13H25ClN2O3. The van der Waals surface area contributed by atoms with Crippen molar-refractivity contribution in [2.75, 3.05) is 32.8 Å². The molecule has 2 fully saturated rings. The average Bonchev–Trinajstić information content (AvgIpc) is 2.35. The van der Waals surface area contributed by atoms with Gasteiger partial charge in [-0.3, -0.25) is 4.79 Å². The van der Waals surface area contributed by atoms with Crippen LogP contribution in [0.15, 0.2) is 0 Å². The van der Waals surface area contributed by atoms with Crippen molar-refractivity contribution < 1.29 is 14.3 Å². The molecule has 1 amide bonds. The Morgan fingerprint density at radius 3 is 2.84 bits per heavy atom. The number of carbonyl (C=O) groups is 1. The third-order valence-corrected chi connectivity index (χ3v) is 3.61. The Hall–Kier alpha value is -0.360. The molecule has 2 aliphatic rings. The van der Waals surface area contributed by atoms with Gasteiger partial charge < -0.3 is 20.1 Å². The zero-order chi connectivity index (χ0) is 12.8. The topological polar surface area (TPSA) is 59.6 Å². The number of carbonyl (C=O) groups excluding carboxylic acids is 1. The number of rotatable bonds is 6. The molecule has 2 atom stereocenters. The first-order chi connectivity index (χ1) is 8.75. The normalized spacial score (nSPS) is 25.0. The summed E-state index contributed by atoms with van der Waals surface area (Å²) in [5.74, 6) is 0.570. The molecule has 6 heteroatoms. The quantitative estimate of drug-likeness (QED) is 0.757. The van der Waals surface area contributed by atoms with Crippen molar-refractivity contribution in [1.82, 2.24) is 10.6 Å². The number of hydrogen-bond donors (Lipinski definition) is 2. The molecule has 0 aromatic rings. The Morgan fingerprint density at radius 1 is 1.47 bits per heavy atom. The smallest absolute Gasteiger partial charge is 0.248 e. The Balaban J connectivity index is 0.00000180. The largest absolute Gasteiger partial charge is 0.376 e. The number of ether oxygens (including phenoxy) is 2. The van der Waals surface area contributed by atoms with Gasteiger partial charge in [-0.05, 0) is 26.2 Å². The zero-order valence-corrected chi connectivity index (χ0v) is 12.3.